The lowest BCUT2D eigenvalue weighted by molar-refractivity contribution is -0.158. The highest BCUT2D eigenvalue weighted by atomic mass is 16.4. The number of hydrogen-bond donors (Lipinski definition) is 1. The Bertz CT molecular complexity index is 337. The van der Waals surface area contributed by atoms with Crippen molar-refractivity contribution in [1.29, 1.82) is 0 Å². The van der Waals surface area contributed by atoms with E-state index in [2.05, 4.69) is 27.7 Å². The van der Waals surface area contributed by atoms with Gasteiger partial charge in [-0.05, 0) is 61.7 Å². The zero-order valence-corrected chi connectivity index (χ0v) is 13.7. The van der Waals surface area contributed by atoms with Gasteiger partial charge in [-0.15, -0.1) is 0 Å². The quantitative estimate of drug-likeness (QED) is 0.762. The van der Waals surface area contributed by atoms with Crippen molar-refractivity contribution >= 4 is 5.97 Å². The zero-order chi connectivity index (χ0) is 15.0. The molecule has 0 aromatic rings. The highest BCUT2D eigenvalue weighted by molar-refractivity contribution is 5.75. The lowest BCUT2D eigenvalue weighted by Crippen LogP contribution is -2.44. The molecule has 2 aliphatic carbocycles. The van der Waals surface area contributed by atoms with Gasteiger partial charge in [-0.3, -0.25) is 4.79 Å². The van der Waals surface area contributed by atoms with Crippen molar-refractivity contribution in [2.45, 2.75) is 79.1 Å². The Hall–Kier alpha value is -0.530. The lowest BCUT2D eigenvalue weighted by atomic mass is 9.57. The molecular weight excluding hydrogens is 248 g/mol. The molecule has 0 amide bonds. The Morgan fingerprint density at radius 2 is 1.50 bits per heavy atom. The van der Waals surface area contributed by atoms with Crippen LogP contribution in [-0.2, 0) is 4.79 Å². The van der Waals surface area contributed by atoms with Crippen LogP contribution in [0.25, 0.3) is 0 Å². The van der Waals surface area contributed by atoms with Crippen molar-refractivity contribution in [1.82, 2.24) is 0 Å². The first-order valence-electron chi connectivity index (χ1n) is 8.49. The number of carbonyl (C=O) groups is 1. The van der Waals surface area contributed by atoms with Crippen LogP contribution in [0.15, 0.2) is 0 Å². The summed E-state index contributed by atoms with van der Waals surface area (Å²) < 4.78 is 0. The third-order valence-corrected chi connectivity index (χ3v) is 6.33. The van der Waals surface area contributed by atoms with Gasteiger partial charge in [0.05, 0.1) is 5.41 Å². The summed E-state index contributed by atoms with van der Waals surface area (Å²) in [5.41, 5.74) is -0.0758. The topological polar surface area (TPSA) is 37.3 Å². The predicted octanol–water partition coefficient (Wildman–Crippen LogP) is 5.12. The highest BCUT2D eigenvalue weighted by Gasteiger charge is 2.49. The standard InChI is InChI=1S/C18H32O2/c1-13-5-7-15(8-6-13)18(16(19)20)11-9-14(10-12-18)17(2,3)4/h13-15H,5-12H2,1-4H3,(H,19,20). The normalized spacial score (nSPS) is 39.5. The molecule has 116 valence electrons. The molecule has 2 saturated carbocycles. The Kier molecular flexibility index (Phi) is 4.51. The van der Waals surface area contributed by atoms with E-state index in [9.17, 15) is 9.90 Å². The second-order valence-corrected chi connectivity index (χ2v) is 8.56. The van der Waals surface area contributed by atoms with Gasteiger partial charge in [0.2, 0.25) is 0 Å². The molecule has 2 heteroatoms. The van der Waals surface area contributed by atoms with Gasteiger partial charge >= 0.3 is 5.97 Å². The van der Waals surface area contributed by atoms with E-state index in [0.29, 0.717) is 17.3 Å². The van der Waals surface area contributed by atoms with E-state index in [1.165, 1.54) is 12.8 Å². The van der Waals surface area contributed by atoms with E-state index in [1.54, 1.807) is 0 Å². The number of hydrogen-bond acceptors (Lipinski definition) is 1. The van der Waals surface area contributed by atoms with Gasteiger partial charge in [0.1, 0.15) is 0 Å². The van der Waals surface area contributed by atoms with Crippen LogP contribution in [0.2, 0.25) is 0 Å². The first-order valence-corrected chi connectivity index (χ1v) is 8.49. The number of aliphatic carboxylic acids is 1. The van der Waals surface area contributed by atoms with Crippen LogP contribution in [0, 0.1) is 28.6 Å². The maximum Gasteiger partial charge on any atom is 0.309 e. The molecule has 0 saturated heterocycles. The lowest BCUT2D eigenvalue weighted by Gasteiger charge is -2.47. The Labute approximate surface area is 124 Å². The highest BCUT2D eigenvalue weighted by Crippen LogP contribution is 2.52. The molecule has 0 aromatic carbocycles. The molecule has 20 heavy (non-hydrogen) atoms. The van der Waals surface area contributed by atoms with Gasteiger partial charge in [-0.2, -0.15) is 0 Å². The monoisotopic (exact) mass is 280 g/mol. The van der Waals surface area contributed by atoms with Crippen LogP contribution in [0.3, 0.4) is 0 Å². The minimum atomic E-state index is -0.510. The minimum Gasteiger partial charge on any atom is -0.481 e. The molecule has 0 radical (unpaired) electrons. The Morgan fingerprint density at radius 3 is 1.90 bits per heavy atom. The summed E-state index contributed by atoms with van der Waals surface area (Å²) in [5.74, 6) is 1.40. The van der Waals surface area contributed by atoms with Gasteiger partial charge in [-0.25, -0.2) is 0 Å². The SMILES string of the molecule is CC1CCC(C2(C(=O)O)CCC(C(C)(C)C)CC2)CC1. The van der Waals surface area contributed by atoms with Gasteiger partial charge in [0, 0.05) is 0 Å². The predicted molar refractivity (Wildman–Crippen MR) is 82.6 cm³/mol. The van der Waals surface area contributed by atoms with E-state index in [1.807, 2.05) is 0 Å². The molecule has 2 nitrogen and oxygen atoms in total. The van der Waals surface area contributed by atoms with Crippen molar-refractivity contribution in [2.75, 3.05) is 0 Å². The summed E-state index contributed by atoms with van der Waals surface area (Å²) in [6.45, 7) is 9.20. The molecule has 2 fully saturated rings. The van der Waals surface area contributed by atoms with Crippen LogP contribution in [0.5, 0.6) is 0 Å². The van der Waals surface area contributed by atoms with E-state index in [4.69, 9.17) is 0 Å². The van der Waals surface area contributed by atoms with E-state index >= 15 is 0 Å². The maximum absolute atomic E-state index is 12.0. The zero-order valence-electron chi connectivity index (χ0n) is 13.7. The van der Waals surface area contributed by atoms with E-state index in [-0.39, 0.29) is 0 Å². The van der Waals surface area contributed by atoms with Gasteiger partial charge in [0.25, 0.3) is 0 Å². The summed E-state index contributed by atoms with van der Waals surface area (Å²) in [6.07, 6.45) is 8.72. The summed E-state index contributed by atoms with van der Waals surface area (Å²) >= 11 is 0. The molecule has 2 rings (SSSR count). The summed E-state index contributed by atoms with van der Waals surface area (Å²) in [4.78, 5) is 12.0. The van der Waals surface area contributed by atoms with Crippen molar-refractivity contribution in [2.24, 2.45) is 28.6 Å². The molecule has 0 atom stereocenters. The van der Waals surface area contributed by atoms with Crippen molar-refractivity contribution in [3.8, 4) is 0 Å². The fourth-order valence-electron chi connectivity index (χ4n) is 4.61. The van der Waals surface area contributed by atoms with E-state index < -0.39 is 11.4 Å². The maximum atomic E-state index is 12.0. The third-order valence-electron chi connectivity index (χ3n) is 6.33. The second kappa shape index (κ2) is 5.69. The third kappa shape index (κ3) is 3.04. The molecule has 1 N–H and O–H groups in total. The van der Waals surface area contributed by atoms with Crippen molar-refractivity contribution in [3.05, 3.63) is 0 Å². The fourth-order valence-corrected chi connectivity index (χ4v) is 4.61. The molecule has 0 heterocycles. The smallest absolute Gasteiger partial charge is 0.309 e. The molecule has 0 bridgehead atoms. The largest absolute Gasteiger partial charge is 0.481 e. The van der Waals surface area contributed by atoms with E-state index in [0.717, 1.165) is 44.4 Å². The molecule has 2 aliphatic rings. The number of carboxylic acids is 1. The first-order chi connectivity index (χ1) is 9.25. The summed E-state index contributed by atoms with van der Waals surface area (Å²) in [5, 5.41) is 9.90. The van der Waals surface area contributed by atoms with Crippen LogP contribution < -0.4 is 0 Å². The average molecular weight is 280 g/mol. The summed E-state index contributed by atoms with van der Waals surface area (Å²) in [6, 6.07) is 0. The Morgan fingerprint density at radius 1 is 1.00 bits per heavy atom. The molecular formula is C18H32O2. The second-order valence-electron chi connectivity index (χ2n) is 8.56. The number of rotatable bonds is 2. The van der Waals surface area contributed by atoms with Crippen LogP contribution in [0.1, 0.15) is 79.1 Å². The Balaban J connectivity index is 2.08. The van der Waals surface area contributed by atoms with Gasteiger partial charge < -0.3 is 5.11 Å². The van der Waals surface area contributed by atoms with Gasteiger partial charge in [-0.1, -0.05) is 40.5 Å². The van der Waals surface area contributed by atoms with Crippen molar-refractivity contribution in [3.63, 3.8) is 0 Å². The molecule has 0 aliphatic heterocycles. The number of carboxylic acid groups (broad SMARTS) is 1. The fraction of sp³-hybridized carbons (Fsp3) is 0.944. The molecule has 0 aromatic heterocycles. The van der Waals surface area contributed by atoms with Crippen LogP contribution in [-0.4, -0.2) is 11.1 Å². The first kappa shape index (κ1) is 15.9. The van der Waals surface area contributed by atoms with Crippen molar-refractivity contribution < 1.29 is 9.90 Å². The average Bonchev–Trinajstić information content (AvgIpc) is 2.38. The summed E-state index contributed by atoms with van der Waals surface area (Å²) in [7, 11) is 0. The van der Waals surface area contributed by atoms with Crippen LogP contribution in [0.4, 0.5) is 0 Å². The minimum absolute atomic E-state index is 0.325. The molecule has 0 unspecified atom stereocenters. The van der Waals surface area contributed by atoms with Crippen LogP contribution >= 0.6 is 0 Å². The van der Waals surface area contributed by atoms with Gasteiger partial charge in [0.15, 0.2) is 0 Å². The molecule has 0 spiro atoms.